The van der Waals surface area contributed by atoms with Crippen LogP contribution in [0.25, 0.3) is 0 Å². The van der Waals surface area contributed by atoms with Gasteiger partial charge < -0.3 is 11.1 Å². The first-order valence-electron chi connectivity index (χ1n) is 8.51. The van der Waals surface area contributed by atoms with E-state index in [0.717, 1.165) is 36.8 Å². The fourth-order valence-electron chi connectivity index (χ4n) is 3.37. The molecule has 0 spiro atoms. The Morgan fingerprint density at radius 1 is 1.33 bits per heavy atom. The van der Waals surface area contributed by atoms with E-state index in [9.17, 15) is 4.79 Å². The quantitative estimate of drug-likeness (QED) is 0.877. The van der Waals surface area contributed by atoms with Crippen molar-refractivity contribution in [3.63, 3.8) is 0 Å². The molecular formula is C18H25N5O. The summed E-state index contributed by atoms with van der Waals surface area (Å²) < 4.78 is 1.78. The number of nitrogens with one attached hydrogen (secondary N) is 1. The Balaban J connectivity index is 1.53. The van der Waals surface area contributed by atoms with Crippen LogP contribution in [0.5, 0.6) is 0 Å². The van der Waals surface area contributed by atoms with Crippen molar-refractivity contribution in [2.75, 3.05) is 0 Å². The third kappa shape index (κ3) is 4.00. The van der Waals surface area contributed by atoms with Crippen LogP contribution >= 0.6 is 0 Å². The first kappa shape index (κ1) is 16.6. The van der Waals surface area contributed by atoms with Crippen molar-refractivity contribution < 1.29 is 4.79 Å². The fourth-order valence-corrected chi connectivity index (χ4v) is 3.37. The van der Waals surface area contributed by atoms with E-state index in [1.165, 1.54) is 6.33 Å². The SMILES string of the molecule is CC1(N)CCCCC1C(=O)NCc1ccc(Cn2cncn2)cc1. The van der Waals surface area contributed by atoms with Gasteiger partial charge >= 0.3 is 0 Å². The van der Waals surface area contributed by atoms with Crippen molar-refractivity contribution >= 4 is 5.91 Å². The average Bonchev–Trinajstić information content (AvgIpc) is 3.06. The molecule has 0 bridgehead atoms. The third-order valence-electron chi connectivity index (χ3n) is 4.87. The van der Waals surface area contributed by atoms with Gasteiger partial charge in [0.1, 0.15) is 12.7 Å². The molecule has 0 aliphatic heterocycles. The highest BCUT2D eigenvalue weighted by molar-refractivity contribution is 5.80. The maximum atomic E-state index is 12.5. The van der Waals surface area contributed by atoms with Gasteiger partial charge in [-0.2, -0.15) is 5.10 Å². The number of hydrogen-bond acceptors (Lipinski definition) is 4. The predicted molar refractivity (Wildman–Crippen MR) is 92.0 cm³/mol. The lowest BCUT2D eigenvalue weighted by molar-refractivity contribution is -0.128. The lowest BCUT2D eigenvalue weighted by Crippen LogP contribution is -2.52. The molecule has 1 fully saturated rings. The first-order valence-corrected chi connectivity index (χ1v) is 8.51. The molecule has 6 nitrogen and oxygen atoms in total. The zero-order chi connectivity index (χ0) is 17.0. The standard InChI is InChI=1S/C18H25N5O/c1-18(19)9-3-2-4-16(18)17(24)21-10-14-5-7-15(8-6-14)11-23-13-20-12-22-23/h5-8,12-13,16H,2-4,9-11,19H2,1H3,(H,21,24). The minimum atomic E-state index is -0.385. The number of carbonyl (C=O) groups is 1. The molecule has 1 aromatic carbocycles. The molecule has 6 heteroatoms. The number of rotatable bonds is 5. The minimum Gasteiger partial charge on any atom is -0.352 e. The summed E-state index contributed by atoms with van der Waals surface area (Å²) in [6.45, 7) is 3.23. The summed E-state index contributed by atoms with van der Waals surface area (Å²) in [5.74, 6) is -0.00997. The zero-order valence-corrected chi connectivity index (χ0v) is 14.1. The molecule has 2 aromatic rings. The van der Waals surface area contributed by atoms with E-state index in [2.05, 4.69) is 27.5 Å². The number of hydrogen-bond donors (Lipinski definition) is 2. The van der Waals surface area contributed by atoms with Gasteiger partial charge in [-0.3, -0.25) is 4.79 Å². The average molecular weight is 327 g/mol. The van der Waals surface area contributed by atoms with Gasteiger partial charge in [-0.05, 0) is 30.9 Å². The normalized spacial score (nSPS) is 23.8. The monoisotopic (exact) mass is 327 g/mol. The summed E-state index contributed by atoms with van der Waals surface area (Å²) in [6.07, 6.45) is 7.23. The highest BCUT2D eigenvalue weighted by Crippen LogP contribution is 2.31. The van der Waals surface area contributed by atoms with E-state index in [-0.39, 0.29) is 17.4 Å². The van der Waals surface area contributed by atoms with Crippen LogP contribution < -0.4 is 11.1 Å². The van der Waals surface area contributed by atoms with Crippen molar-refractivity contribution in [2.45, 2.75) is 51.2 Å². The number of nitrogens with zero attached hydrogens (tertiary/aromatic N) is 3. The van der Waals surface area contributed by atoms with E-state index in [4.69, 9.17) is 5.73 Å². The van der Waals surface area contributed by atoms with Crippen LogP contribution in [0.2, 0.25) is 0 Å². The molecule has 1 aliphatic rings. The molecule has 128 valence electrons. The Morgan fingerprint density at radius 2 is 2.08 bits per heavy atom. The molecule has 1 saturated carbocycles. The first-order chi connectivity index (χ1) is 11.5. The highest BCUT2D eigenvalue weighted by atomic mass is 16.1. The van der Waals surface area contributed by atoms with Gasteiger partial charge in [0, 0.05) is 12.1 Å². The molecule has 2 atom stereocenters. The second kappa shape index (κ2) is 7.13. The number of nitrogens with two attached hydrogens (primary N) is 1. The summed E-state index contributed by atoms with van der Waals surface area (Å²) in [5.41, 5.74) is 8.15. The van der Waals surface area contributed by atoms with Gasteiger partial charge in [0.15, 0.2) is 0 Å². The van der Waals surface area contributed by atoms with Crippen molar-refractivity contribution in [2.24, 2.45) is 11.7 Å². The molecular weight excluding hydrogens is 302 g/mol. The molecule has 1 aromatic heterocycles. The largest absolute Gasteiger partial charge is 0.352 e. The summed E-state index contributed by atoms with van der Waals surface area (Å²) in [5, 5.41) is 7.14. The molecule has 0 saturated heterocycles. The van der Waals surface area contributed by atoms with E-state index in [1.807, 2.05) is 19.1 Å². The summed E-state index contributed by atoms with van der Waals surface area (Å²) >= 11 is 0. The van der Waals surface area contributed by atoms with Crippen molar-refractivity contribution in [3.8, 4) is 0 Å². The maximum absolute atomic E-state index is 12.5. The van der Waals surface area contributed by atoms with Crippen LogP contribution in [-0.4, -0.2) is 26.2 Å². The van der Waals surface area contributed by atoms with E-state index in [0.29, 0.717) is 13.1 Å². The Kier molecular flexibility index (Phi) is 4.94. The van der Waals surface area contributed by atoms with Crippen molar-refractivity contribution in [3.05, 3.63) is 48.0 Å². The van der Waals surface area contributed by atoms with Crippen LogP contribution in [0.1, 0.15) is 43.7 Å². The number of amides is 1. The third-order valence-corrected chi connectivity index (χ3v) is 4.87. The van der Waals surface area contributed by atoms with E-state index < -0.39 is 0 Å². The second-order valence-electron chi connectivity index (χ2n) is 6.93. The lowest BCUT2D eigenvalue weighted by Gasteiger charge is -2.37. The van der Waals surface area contributed by atoms with Gasteiger partial charge in [0.2, 0.25) is 5.91 Å². The minimum absolute atomic E-state index is 0.0754. The van der Waals surface area contributed by atoms with E-state index in [1.54, 1.807) is 11.0 Å². The Hall–Kier alpha value is -2.21. The molecule has 3 rings (SSSR count). The molecule has 24 heavy (non-hydrogen) atoms. The van der Waals surface area contributed by atoms with Gasteiger partial charge in [-0.25, -0.2) is 9.67 Å². The highest BCUT2D eigenvalue weighted by Gasteiger charge is 2.37. The molecule has 1 amide bonds. The van der Waals surface area contributed by atoms with Crippen LogP contribution in [0.15, 0.2) is 36.9 Å². The fraction of sp³-hybridized carbons (Fsp3) is 0.500. The second-order valence-corrected chi connectivity index (χ2v) is 6.93. The Labute approximate surface area is 142 Å². The molecule has 1 aliphatic carbocycles. The van der Waals surface area contributed by atoms with Gasteiger partial charge in [-0.1, -0.05) is 37.1 Å². The molecule has 0 radical (unpaired) electrons. The van der Waals surface area contributed by atoms with Gasteiger partial charge in [-0.15, -0.1) is 0 Å². The van der Waals surface area contributed by atoms with Crippen molar-refractivity contribution in [1.29, 1.82) is 0 Å². The number of carbonyl (C=O) groups excluding carboxylic acids is 1. The Morgan fingerprint density at radius 3 is 2.75 bits per heavy atom. The zero-order valence-electron chi connectivity index (χ0n) is 14.1. The van der Waals surface area contributed by atoms with Gasteiger partial charge in [0.05, 0.1) is 12.5 Å². The summed E-state index contributed by atoms with van der Waals surface area (Å²) in [6, 6.07) is 8.18. The van der Waals surface area contributed by atoms with Gasteiger partial charge in [0.25, 0.3) is 0 Å². The van der Waals surface area contributed by atoms with Crippen LogP contribution in [-0.2, 0) is 17.9 Å². The lowest BCUT2D eigenvalue weighted by atomic mass is 9.74. The smallest absolute Gasteiger partial charge is 0.225 e. The molecule has 1 heterocycles. The molecule has 3 N–H and O–H groups in total. The summed E-state index contributed by atoms with van der Waals surface area (Å²) in [7, 11) is 0. The van der Waals surface area contributed by atoms with Crippen LogP contribution in [0.4, 0.5) is 0 Å². The number of aromatic nitrogens is 3. The predicted octanol–water partition coefficient (Wildman–Crippen LogP) is 1.85. The van der Waals surface area contributed by atoms with Crippen LogP contribution in [0.3, 0.4) is 0 Å². The number of benzene rings is 1. The molecule has 2 unspecified atom stereocenters. The Bertz CT molecular complexity index is 663. The van der Waals surface area contributed by atoms with Crippen molar-refractivity contribution in [1.82, 2.24) is 20.1 Å². The van der Waals surface area contributed by atoms with Crippen LogP contribution in [0, 0.1) is 5.92 Å². The topological polar surface area (TPSA) is 85.8 Å². The van der Waals surface area contributed by atoms with E-state index >= 15 is 0 Å². The summed E-state index contributed by atoms with van der Waals surface area (Å²) in [4.78, 5) is 16.4. The maximum Gasteiger partial charge on any atom is 0.225 e.